The fourth-order valence-corrected chi connectivity index (χ4v) is 2.46. The maximum Gasteiger partial charge on any atom is 0.228 e. The molecule has 1 amide bonds. The molecular weight excluding hydrogens is 264 g/mol. The van der Waals surface area contributed by atoms with Gasteiger partial charge in [-0.3, -0.25) is 9.69 Å². The van der Waals surface area contributed by atoms with Gasteiger partial charge in [0.1, 0.15) is 12.4 Å². The van der Waals surface area contributed by atoms with Crippen LogP contribution in [-0.2, 0) is 4.79 Å². The minimum absolute atomic E-state index is 0.252. The Kier molecular flexibility index (Phi) is 5.23. The first-order chi connectivity index (χ1) is 9.97. The van der Waals surface area contributed by atoms with Crippen molar-refractivity contribution in [3.63, 3.8) is 0 Å². The molecule has 1 aliphatic rings. The van der Waals surface area contributed by atoms with Crippen LogP contribution < -0.4 is 4.74 Å². The monoisotopic (exact) mass is 290 g/mol. The quantitative estimate of drug-likeness (QED) is 0.852. The lowest BCUT2D eigenvalue weighted by Gasteiger charge is -2.37. The molecular formula is C17H26N2O2. The molecule has 0 N–H and O–H groups in total. The Morgan fingerprint density at radius 1 is 1.10 bits per heavy atom. The van der Waals surface area contributed by atoms with Crippen LogP contribution in [0.2, 0.25) is 0 Å². The van der Waals surface area contributed by atoms with E-state index in [0.29, 0.717) is 6.61 Å². The smallest absolute Gasteiger partial charge is 0.228 e. The summed E-state index contributed by atoms with van der Waals surface area (Å²) in [6.45, 7) is 11.0. The maximum atomic E-state index is 12.2. The molecule has 0 spiro atoms. The van der Waals surface area contributed by atoms with Gasteiger partial charge in [0.25, 0.3) is 0 Å². The highest BCUT2D eigenvalue weighted by atomic mass is 16.5. The van der Waals surface area contributed by atoms with Gasteiger partial charge in [-0.2, -0.15) is 0 Å². The van der Waals surface area contributed by atoms with E-state index in [9.17, 15) is 4.79 Å². The van der Waals surface area contributed by atoms with E-state index in [1.807, 2.05) is 56.0 Å². The van der Waals surface area contributed by atoms with Crippen molar-refractivity contribution in [3.8, 4) is 5.75 Å². The molecule has 0 radical (unpaired) electrons. The molecule has 1 saturated heterocycles. The topological polar surface area (TPSA) is 32.8 Å². The molecule has 1 aromatic rings. The minimum atomic E-state index is -0.279. The highest BCUT2D eigenvalue weighted by molar-refractivity contribution is 5.81. The zero-order valence-electron chi connectivity index (χ0n) is 13.3. The predicted molar refractivity (Wildman–Crippen MR) is 84.4 cm³/mol. The number of ether oxygens (including phenoxy) is 1. The van der Waals surface area contributed by atoms with Crippen molar-refractivity contribution >= 4 is 5.91 Å². The number of rotatable bonds is 4. The number of benzene rings is 1. The van der Waals surface area contributed by atoms with Gasteiger partial charge in [-0.25, -0.2) is 0 Å². The third kappa shape index (κ3) is 4.74. The fourth-order valence-electron chi connectivity index (χ4n) is 2.46. The van der Waals surface area contributed by atoms with Gasteiger partial charge in [-0.15, -0.1) is 0 Å². The van der Waals surface area contributed by atoms with Crippen molar-refractivity contribution in [1.82, 2.24) is 9.80 Å². The number of piperazine rings is 1. The largest absolute Gasteiger partial charge is 0.492 e. The van der Waals surface area contributed by atoms with Gasteiger partial charge in [0.2, 0.25) is 5.91 Å². The molecule has 116 valence electrons. The van der Waals surface area contributed by atoms with E-state index in [0.717, 1.165) is 38.5 Å². The summed E-state index contributed by atoms with van der Waals surface area (Å²) in [5.41, 5.74) is -0.279. The third-order valence-corrected chi connectivity index (χ3v) is 3.72. The predicted octanol–water partition coefficient (Wildman–Crippen LogP) is 2.26. The summed E-state index contributed by atoms with van der Waals surface area (Å²) in [5.74, 6) is 1.17. The maximum absolute atomic E-state index is 12.2. The van der Waals surface area contributed by atoms with E-state index in [2.05, 4.69) is 4.90 Å². The van der Waals surface area contributed by atoms with Crippen LogP contribution in [0.4, 0.5) is 0 Å². The summed E-state index contributed by atoms with van der Waals surface area (Å²) < 4.78 is 5.72. The molecule has 4 nitrogen and oxygen atoms in total. The Balaban J connectivity index is 1.69. The van der Waals surface area contributed by atoms with Crippen molar-refractivity contribution in [2.24, 2.45) is 5.41 Å². The highest BCUT2D eigenvalue weighted by Crippen LogP contribution is 2.18. The molecule has 1 aromatic carbocycles. The number of para-hydroxylation sites is 1. The molecule has 0 aliphatic carbocycles. The van der Waals surface area contributed by atoms with Crippen molar-refractivity contribution in [2.75, 3.05) is 39.3 Å². The van der Waals surface area contributed by atoms with Gasteiger partial charge >= 0.3 is 0 Å². The van der Waals surface area contributed by atoms with Gasteiger partial charge in [-0.1, -0.05) is 39.0 Å². The first-order valence-corrected chi connectivity index (χ1v) is 7.66. The molecule has 1 aliphatic heterocycles. The molecule has 0 atom stereocenters. The zero-order valence-corrected chi connectivity index (χ0v) is 13.3. The van der Waals surface area contributed by atoms with Crippen molar-refractivity contribution in [3.05, 3.63) is 30.3 Å². The minimum Gasteiger partial charge on any atom is -0.492 e. The first-order valence-electron chi connectivity index (χ1n) is 7.66. The summed E-state index contributed by atoms with van der Waals surface area (Å²) in [7, 11) is 0. The lowest BCUT2D eigenvalue weighted by molar-refractivity contribution is -0.141. The van der Waals surface area contributed by atoms with Crippen molar-refractivity contribution < 1.29 is 9.53 Å². The van der Waals surface area contributed by atoms with E-state index < -0.39 is 0 Å². The van der Waals surface area contributed by atoms with Crippen LogP contribution in [0.25, 0.3) is 0 Å². The number of hydrogen-bond acceptors (Lipinski definition) is 3. The molecule has 0 aromatic heterocycles. The first kappa shape index (κ1) is 15.8. The second kappa shape index (κ2) is 6.94. The van der Waals surface area contributed by atoms with Gasteiger partial charge in [0, 0.05) is 38.1 Å². The normalized spacial score (nSPS) is 16.8. The second-order valence-corrected chi connectivity index (χ2v) is 6.55. The summed E-state index contributed by atoms with van der Waals surface area (Å²) in [6, 6.07) is 9.89. The molecule has 4 heteroatoms. The van der Waals surface area contributed by atoms with Crippen LogP contribution in [-0.4, -0.2) is 55.0 Å². The second-order valence-electron chi connectivity index (χ2n) is 6.55. The van der Waals surface area contributed by atoms with Crippen LogP contribution in [0.3, 0.4) is 0 Å². The van der Waals surface area contributed by atoms with E-state index in [1.54, 1.807) is 0 Å². The Hall–Kier alpha value is -1.55. The third-order valence-electron chi connectivity index (χ3n) is 3.72. The SMILES string of the molecule is CC(C)(C)C(=O)N1CCN(CCOc2ccccc2)CC1. The molecule has 1 fully saturated rings. The summed E-state index contributed by atoms with van der Waals surface area (Å²) >= 11 is 0. The van der Waals surface area contributed by atoms with Crippen LogP contribution in [0.15, 0.2) is 30.3 Å². The molecule has 21 heavy (non-hydrogen) atoms. The van der Waals surface area contributed by atoms with Gasteiger partial charge in [0.15, 0.2) is 0 Å². The lowest BCUT2D eigenvalue weighted by Crippen LogP contribution is -2.52. The van der Waals surface area contributed by atoms with Crippen LogP contribution in [0, 0.1) is 5.41 Å². The number of carbonyl (C=O) groups excluding carboxylic acids is 1. The average Bonchev–Trinajstić information content (AvgIpc) is 2.47. The van der Waals surface area contributed by atoms with Crippen LogP contribution >= 0.6 is 0 Å². The molecule has 0 bridgehead atoms. The molecule has 0 unspecified atom stereocenters. The van der Waals surface area contributed by atoms with Gasteiger partial charge in [0.05, 0.1) is 0 Å². The number of nitrogens with zero attached hydrogens (tertiary/aromatic N) is 2. The standard InChI is InChI=1S/C17H26N2O2/c1-17(2,3)16(20)19-11-9-18(10-12-19)13-14-21-15-7-5-4-6-8-15/h4-8H,9-14H2,1-3H3. The van der Waals surface area contributed by atoms with Crippen molar-refractivity contribution in [2.45, 2.75) is 20.8 Å². The summed E-state index contributed by atoms with van der Waals surface area (Å²) in [5, 5.41) is 0. The van der Waals surface area contributed by atoms with Crippen LogP contribution in [0.5, 0.6) is 5.75 Å². The van der Waals surface area contributed by atoms with E-state index >= 15 is 0 Å². The Bertz CT molecular complexity index is 446. The van der Waals surface area contributed by atoms with Crippen LogP contribution in [0.1, 0.15) is 20.8 Å². The zero-order chi connectivity index (χ0) is 15.3. The number of carbonyl (C=O) groups is 1. The highest BCUT2D eigenvalue weighted by Gasteiger charge is 2.29. The van der Waals surface area contributed by atoms with Gasteiger partial charge in [-0.05, 0) is 12.1 Å². The number of hydrogen-bond donors (Lipinski definition) is 0. The Labute approximate surface area is 127 Å². The van der Waals surface area contributed by atoms with E-state index in [1.165, 1.54) is 0 Å². The van der Waals surface area contributed by atoms with Gasteiger partial charge < -0.3 is 9.64 Å². The Morgan fingerprint density at radius 3 is 2.29 bits per heavy atom. The number of amides is 1. The average molecular weight is 290 g/mol. The van der Waals surface area contributed by atoms with Crippen molar-refractivity contribution in [1.29, 1.82) is 0 Å². The summed E-state index contributed by atoms with van der Waals surface area (Å²) in [4.78, 5) is 16.5. The van der Waals surface area contributed by atoms with E-state index in [-0.39, 0.29) is 11.3 Å². The molecule has 1 heterocycles. The van der Waals surface area contributed by atoms with E-state index in [4.69, 9.17) is 4.74 Å². The molecule has 2 rings (SSSR count). The fraction of sp³-hybridized carbons (Fsp3) is 0.588. The summed E-state index contributed by atoms with van der Waals surface area (Å²) in [6.07, 6.45) is 0. The Morgan fingerprint density at radius 2 is 1.71 bits per heavy atom. The molecule has 0 saturated carbocycles. The lowest BCUT2D eigenvalue weighted by atomic mass is 9.94.